The SMILES string of the molecule is c1ccc(N(c2ccc3sc4ccccc4c3c2)c2ccc3sc4c5ccccc5c(N(c5ccccc5)c5ccccc5)cc4c3c2)cc1.c1ccc(N(c2ccccc2)c2ccc3sc4cc(N(c5ccccc5)c5cc6sc7ccccc7c6c6ccccc56)ccc4c3c2)cc1.c1ccc(N(c2ccccc2)c2ccc3sc4cc(N(c5ccccc5)c5ccc6ccc7c8ccccc8sc7c6c5)ccc4c3c2)cc1. The Bertz CT molecular complexity index is 10200. The summed E-state index contributed by atoms with van der Waals surface area (Å²) in [6.45, 7) is 0. The van der Waals surface area contributed by atoms with Crippen molar-refractivity contribution in [2.75, 3.05) is 29.4 Å². The van der Waals surface area contributed by atoms with Gasteiger partial charge in [-0.25, -0.2) is 0 Å². The predicted octanol–water partition coefficient (Wildman–Crippen LogP) is 43.5. The Kier molecular flexibility index (Phi) is 23.1. The van der Waals surface area contributed by atoms with Gasteiger partial charge in [-0.15, -0.1) is 68.0 Å². The fourth-order valence-electron chi connectivity index (χ4n) is 22.0. The molecule has 0 N–H and O–H groups in total. The lowest BCUT2D eigenvalue weighted by Crippen LogP contribution is -2.10. The highest BCUT2D eigenvalue weighted by Crippen LogP contribution is 2.55. The van der Waals surface area contributed by atoms with Gasteiger partial charge in [-0.1, -0.05) is 297 Å². The summed E-state index contributed by atoms with van der Waals surface area (Å²) in [5.74, 6) is 0. The van der Waals surface area contributed by atoms with Crippen LogP contribution < -0.4 is 29.4 Å². The zero-order chi connectivity index (χ0) is 99.1. The van der Waals surface area contributed by atoms with Crippen LogP contribution in [0.15, 0.2) is 546 Å². The highest BCUT2D eigenvalue weighted by Gasteiger charge is 2.28. The van der Waals surface area contributed by atoms with E-state index in [0.717, 1.165) is 91.0 Å². The van der Waals surface area contributed by atoms with Gasteiger partial charge in [-0.05, 0) is 259 Å². The van der Waals surface area contributed by atoms with Crippen LogP contribution in [0.1, 0.15) is 0 Å². The van der Waals surface area contributed by atoms with Crippen LogP contribution in [-0.4, -0.2) is 0 Å². The van der Waals surface area contributed by atoms with Crippen LogP contribution in [0.25, 0.3) is 153 Å². The van der Waals surface area contributed by atoms with E-state index in [0.29, 0.717) is 0 Å². The van der Waals surface area contributed by atoms with Gasteiger partial charge in [-0.3, -0.25) is 0 Å². The lowest BCUT2D eigenvalue weighted by atomic mass is 10.0. The van der Waals surface area contributed by atoms with Crippen LogP contribution >= 0.6 is 68.0 Å². The molecule has 0 fully saturated rings. The van der Waals surface area contributed by atoms with Crippen molar-refractivity contribution in [1.82, 2.24) is 0 Å². The maximum atomic E-state index is 2.44. The molecule has 0 radical (unpaired) electrons. The number of anilines is 18. The average Bonchev–Trinajstić information content (AvgIpc) is 1.54. The number of fused-ring (bicyclic) bond motifs is 24. The molecule has 708 valence electrons. The van der Waals surface area contributed by atoms with E-state index in [9.17, 15) is 0 Å². The normalized spacial score (nSPS) is 11.6. The van der Waals surface area contributed by atoms with Crippen LogP contribution in [0.4, 0.5) is 102 Å². The van der Waals surface area contributed by atoms with E-state index in [4.69, 9.17) is 0 Å². The molecule has 30 rings (SSSR count). The zero-order valence-corrected chi connectivity index (χ0v) is 86.0. The van der Waals surface area contributed by atoms with Gasteiger partial charge < -0.3 is 29.4 Å². The van der Waals surface area contributed by atoms with E-state index in [1.54, 1.807) is 0 Å². The quantitative estimate of drug-likeness (QED) is 0.0847. The summed E-state index contributed by atoms with van der Waals surface area (Å²) >= 11 is 11.2. The molecule has 0 unspecified atom stereocenters. The summed E-state index contributed by atoms with van der Waals surface area (Å²) in [5.41, 5.74) is 20.6. The third-order valence-electron chi connectivity index (χ3n) is 28.8. The molecule has 0 saturated carbocycles. The largest absolute Gasteiger partial charge is 0.310 e. The maximum absolute atomic E-state index is 2.44. The smallest absolute Gasteiger partial charge is 0.0554 e. The average molecular weight is 2020 g/mol. The van der Waals surface area contributed by atoms with Gasteiger partial charge in [-0.2, -0.15) is 0 Å². The van der Waals surface area contributed by atoms with E-state index >= 15 is 0 Å². The number of rotatable bonds is 18. The number of hydrogen-bond acceptors (Lipinski definition) is 12. The molecular formula is C138H90N6S6. The zero-order valence-electron chi connectivity index (χ0n) is 81.1. The second kappa shape index (κ2) is 38.5. The van der Waals surface area contributed by atoms with E-state index in [2.05, 4.69) is 575 Å². The Hall–Kier alpha value is -17.8. The highest BCUT2D eigenvalue weighted by molar-refractivity contribution is 7.28. The molecule has 24 aromatic carbocycles. The van der Waals surface area contributed by atoms with Crippen molar-refractivity contribution in [3.63, 3.8) is 0 Å². The Morgan fingerprint density at radius 3 is 0.753 bits per heavy atom. The van der Waals surface area contributed by atoms with Crippen LogP contribution in [-0.2, 0) is 0 Å². The molecule has 30 aromatic rings. The predicted molar refractivity (Wildman–Crippen MR) is 657 cm³/mol. The van der Waals surface area contributed by atoms with Crippen molar-refractivity contribution >= 4 is 324 Å². The van der Waals surface area contributed by atoms with Crippen molar-refractivity contribution < 1.29 is 0 Å². The molecule has 0 aliphatic rings. The maximum Gasteiger partial charge on any atom is 0.0554 e. The van der Waals surface area contributed by atoms with Gasteiger partial charge in [0.25, 0.3) is 0 Å². The summed E-state index contributed by atoms with van der Waals surface area (Å²) in [7, 11) is 0. The number of thiophene rings is 6. The number of nitrogens with zero attached hydrogens (tertiary/aromatic N) is 6. The summed E-state index contributed by atoms with van der Waals surface area (Å²) < 4.78 is 15.6. The van der Waals surface area contributed by atoms with Crippen molar-refractivity contribution in [1.29, 1.82) is 0 Å². The topological polar surface area (TPSA) is 19.4 Å². The van der Waals surface area contributed by atoms with Crippen LogP contribution in [0.5, 0.6) is 0 Å². The highest BCUT2D eigenvalue weighted by atomic mass is 32.1. The Morgan fingerprint density at radius 2 is 0.333 bits per heavy atom. The van der Waals surface area contributed by atoms with Gasteiger partial charge in [0.1, 0.15) is 0 Å². The van der Waals surface area contributed by atoms with Crippen molar-refractivity contribution in [2.24, 2.45) is 0 Å². The summed E-state index contributed by atoms with van der Waals surface area (Å²) in [6.07, 6.45) is 0. The first kappa shape index (κ1) is 89.8. The van der Waals surface area contributed by atoms with E-state index < -0.39 is 0 Å². The molecule has 0 spiro atoms. The third-order valence-corrected chi connectivity index (χ3v) is 35.8. The molecular weight excluding hydrogens is 1930 g/mol. The second-order valence-electron chi connectivity index (χ2n) is 37.7. The van der Waals surface area contributed by atoms with E-state index in [1.165, 1.54) is 165 Å². The Balaban J connectivity index is 0.000000108. The first-order valence-corrected chi connectivity index (χ1v) is 55.4. The van der Waals surface area contributed by atoms with Crippen molar-refractivity contribution in [3.05, 3.63) is 546 Å². The van der Waals surface area contributed by atoms with Crippen molar-refractivity contribution in [3.8, 4) is 0 Å². The molecule has 0 bridgehead atoms. The molecule has 0 aliphatic carbocycles. The fraction of sp³-hybridized carbons (Fsp3) is 0. The summed E-state index contributed by atoms with van der Waals surface area (Å²) in [6, 6.07) is 198. The molecule has 0 amide bonds. The molecule has 6 nitrogen and oxygen atoms in total. The van der Waals surface area contributed by atoms with Gasteiger partial charge >= 0.3 is 0 Å². The van der Waals surface area contributed by atoms with Crippen LogP contribution in [0, 0.1) is 0 Å². The van der Waals surface area contributed by atoms with Crippen LogP contribution in [0.2, 0.25) is 0 Å². The number of hydrogen-bond donors (Lipinski definition) is 0. The van der Waals surface area contributed by atoms with Crippen molar-refractivity contribution in [2.45, 2.75) is 0 Å². The minimum atomic E-state index is 1.13. The minimum absolute atomic E-state index is 1.13. The van der Waals surface area contributed by atoms with Gasteiger partial charge in [0.15, 0.2) is 0 Å². The molecule has 0 saturated heterocycles. The summed E-state index contributed by atoms with van der Waals surface area (Å²) in [4.78, 5) is 14.3. The lowest BCUT2D eigenvalue weighted by Gasteiger charge is -2.27. The third kappa shape index (κ3) is 16.3. The van der Waals surface area contributed by atoms with Gasteiger partial charge in [0.2, 0.25) is 0 Å². The monoisotopic (exact) mass is 2020 g/mol. The standard InChI is InChI=1S/3C46H30N2S2/c1-4-14-31(15-5-1)47(34-24-26-44-39(28-34)37-21-12-13-23-43(37)49-44)35-25-27-45-40(29-35)41-30-42(36-20-10-11-22-38(36)46(41)50-45)48(32-16-6-2-7-17-32)33-18-8-3-9-19-33;1-4-14-31(15-5-1)47(32-16-6-2-7-17-32)34-25-27-43-40(28-34)37-26-24-35(29-44(37)49-43)48(33-18-8-3-9-19-33)41-30-45-46(38-21-11-10-20-36(38)41)39-22-12-13-23-42(39)50-45;1-4-12-32(13-5-1)47(33-14-6-2-7-15-33)36-24-27-44-42(29-36)39-26-23-37(30-45(39)49-44)48(34-16-8-3-9-17-34)35-22-20-31-21-25-40-38-18-10-11-19-43(38)50-46(40)41(31)28-35/h3*1-30H. The first-order chi connectivity index (χ1) is 74.4. The van der Waals surface area contributed by atoms with Gasteiger partial charge in [0, 0.05) is 234 Å². The summed E-state index contributed by atoms with van der Waals surface area (Å²) in [5, 5.41) is 23.1. The molecule has 6 heterocycles. The number of para-hydroxylation sites is 9. The van der Waals surface area contributed by atoms with E-state index in [-0.39, 0.29) is 0 Å². The lowest BCUT2D eigenvalue weighted by molar-refractivity contribution is 1.29. The minimum Gasteiger partial charge on any atom is -0.310 e. The Labute approximate surface area is 891 Å². The molecule has 0 aliphatic heterocycles. The first-order valence-electron chi connectivity index (χ1n) is 50.5. The Morgan fingerprint density at radius 1 is 0.107 bits per heavy atom. The fourth-order valence-corrected chi connectivity index (χ4v) is 28.9. The van der Waals surface area contributed by atoms with Crippen LogP contribution in [0.3, 0.4) is 0 Å². The molecule has 150 heavy (non-hydrogen) atoms. The number of benzene rings is 24. The molecule has 6 aromatic heterocycles. The molecule has 12 heteroatoms. The second-order valence-corrected chi connectivity index (χ2v) is 44.1. The van der Waals surface area contributed by atoms with Gasteiger partial charge in [0.05, 0.1) is 11.4 Å². The van der Waals surface area contributed by atoms with E-state index in [1.807, 2.05) is 68.0 Å². The molecule has 0 atom stereocenters.